The molecule has 3 heterocycles. The van der Waals surface area contributed by atoms with Crippen molar-refractivity contribution in [1.82, 2.24) is 15.0 Å². The van der Waals surface area contributed by atoms with Crippen molar-refractivity contribution < 1.29 is 4.74 Å². The van der Waals surface area contributed by atoms with Crippen LogP contribution in [0, 0.1) is 6.92 Å². The van der Waals surface area contributed by atoms with Gasteiger partial charge < -0.3 is 4.74 Å². The lowest BCUT2D eigenvalue weighted by Gasteiger charge is -2.12. The minimum Gasteiger partial charge on any atom is -0.471 e. The average molecular weight is 317 g/mol. The third-order valence-electron chi connectivity index (χ3n) is 4.29. The molecule has 24 heavy (non-hydrogen) atoms. The van der Waals surface area contributed by atoms with Crippen molar-refractivity contribution in [1.29, 1.82) is 0 Å². The van der Waals surface area contributed by atoms with Gasteiger partial charge in [-0.05, 0) is 56.0 Å². The third kappa shape index (κ3) is 3.00. The van der Waals surface area contributed by atoms with Gasteiger partial charge in [0, 0.05) is 29.2 Å². The number of hydrogen-bond acceptors (Lipinski definition) is 4. The molecule has 0 aromatic carbocycles. The number of hydrogen-bond donors (Lipinski definition) is 0. The Balaban J connectivity index is 1.68. The maximum absolute atomic E-state index is 5.91. The van der Waals surface area contributed by atoms with Gasteiger partial charge in [0.1, 0.15) is 6.61 Å². The minimum atomic E-state index is 0.424. The zero-order chi connectivity index (χ0) is 16.4. The molecule has 0 saturated carbocycles. The van der Waals surface area contributed by atoms with Crippen LogP contribution < -0.4 is 4.74 Å². The summed E-state index contributed by atoms with van der Waals surface area (Å²) in [4.78, 5) is 13.7. The summed E-state index contributed by atoms with van der Waals surface area (Å²) >= 11 is 0. The van der Waals surface area contributed by atoms with Crippen LogP contribution in [0.3, 0.4) is 0 Å². The Bertz CT molecular complexity index is 862. The van der Waals surface area contributed by atoms with Crippen LogP contribution in [0.1, 0.15) is 29.1 Å². The van der Waals surface area contributed by atoms with Gasteiger partial charge in [0.05, 0.1) is 11.4 Å². The van der Waals surface area contributed by atoms with Crippen molar-refractivity contribution in [3.63, 3.8) is 0 Å². The summed E-state index contributed by atoms with van der Waals surface area (Å²) in [6.45, 7) is 2.44. The fourth-order valence-corrected chi connectivity index (χ4v) is 3.14. The highest BCUT2D eigenvalue weighted by Gasteiger charge is 2.20. The zero-order valence-electron chi connectivity index (χ0n) is 13.7. The van der Waals surface area contributed by atoms with E-state index in [0.29, 0.717) is 12.5 Å². The second-order valence-electron chi connectivity index (χ2n) is 6.06. The lowest BCUT2D eigenvalue weighted by molar-refractivity contribution is 0.288. The van der Waals surface area contributed by atoms with Gasteiger partial charge in [-0.2, -0.15) is 0 Å². The molecule has 0 spiro atoms. The molecule has 3 aromatic rings. The first kappa shape index (κ1) is 14.8. The molecule has 0 unspecified atom stereocenters. The zero-order valence-corrected chi connectivity index (χ0v) is 13.7. The van der Waals surface area contributed by atoms with Gasteiger partial charge in [-0.1, -0.05) is 12.1 Å². The smallest absolute Gasteiger partial charge is 0.214 e. The quantitative estimate of drug-likeness (QED) is 0.732. The van der Waals surface area contributed by atoms with Crippen LogP contribution in [0.5, 0.6) is 5.88 Å². The maximum Gasteiger partial charge on any atom is 0.214 e. The summed E-state index contributed by atoms with van der Waals surface area (Å²) in [6.07, 6.45) is 4.99. The van der Waals surface area contributed by atoms with Crippen LogP contribution >= 0.6 is 0 Å². The molecular formula is C20H19N3O. The maximum atomic E-state index is 5.91. The molecular weight excluding hydrogens is 298 g/mol. The molecule has 120 valence electrons. The first-order valence-electron chi connectivity index (χ1n) is 8.29. The van der Waals surface area contributed by atoms with Crippen molar-refractivity contribution in [2.75, 3.05) is 0 Å². The predicted molar refractivity (Wildman–Crippen MR) is 92.8 cm³/mol. The Hall–Kier alpha value is -2.75. The summed E-state index contributed by atoms with van der Waals surface area (Å²) in [7, 11) is 0. The van der Waals surface area contributed by atoms with Gasteiger partial charge in [0.25, 0.3) is 0 Å². The molecule has 0 aliphatic heterocycles. The topological polar surface area (TPSA) is 47.9 Å². The highest BCUT2D eigenvalue weighted by Crippen LogP contribution is 2.33. The Morgan fingerprint density at radius 1 is 1.04 bits per heavy atom. The van der Waals surface area contributed by atoms with Gasteiger partial charge in [-0.3, -0.25) is 9.97 Å². The van der Waals surface area contributed by atoms with Crippen LogP contribution in [-0.2, 0) is 19.4 Å². The van der Waals surface area contributed by atoms with Crippen molar-refractivity contribution in [3.05, 3.63) is 71.3 Å². The van der Waals surface area contributed by atoms with Crippen molar-refractivity contribution in [2.24, 2.45) is 0 Å². The molecule has 0 saturated heterocycles. The molecule has 4 nitrogen and oxygen atoms in total. The summed E-state index contributed by atoms with van der Waals surface area (Å²) in [6, 6.07) is 14.0. The van der Waals surface area contributed by atoms with Gasteiger partial charge in [-0.25, -0.2) is 4.98 Å². The summed E-state index contributed by atoms with van der Waals surface area (Å²) in [5.41, 5.74) is 6.53. The average Bonchev–Trinajstić information content (AvgIpc) is 3.08. The van der Waals surface area contributed by atoms with E-state index in [4.69, 9.17) is 9.72 Å². The fourth-order valence-electron chi connectivity index (χ4n) is 3.14. The molecule has 3 aromatic heterocycles. The van der Waals surface area contributed by atoms with E-state index in [-0.39, 0.29) is 0 Å². The van der Waals surface area contributed by atoms with E-state index in [1.165, 1.54) is 5.56 Å². The molecule has 4 heteroatoms. The van der Waals surface area contributed by atoms with Crippen LogP contribution in [-0.4, -0.2) is 15.0 Å². The standard InChI is InChI=1S/C20H19N3O/c1-14-6-4-9-19(22-14)17-12-20(23-18-10-5-8-16(17)18)24-13-15-7-2-3-11-21-15/h2-4,6-7,9,11-12H,5,8,10,13H2,1H3. The highest BCUT2D eigenvalue weighted by atomic mass is 16.5. The number of rotatable bonds is 4. The molecule has 0 fully saturated rings. The number of pyridine rings is 3. The summed E-state index contributed by atoms with van der Waals surface area (Å²) in [5.74, 6) is 0.652. The first-order chi connectivity index (χ1) is 11.8. The Morgan fingerprint density at radius 2 is 2.00 bits per heavy atom. The van der Waals surface area contributed by atoms with Crippen molar-refractivity contribution >= 4 is 0 Å². The minimum absolute atomic E-state index is 0.424. The number of aryl methyl sites for hydroxylation is 2. The normalized spacial score (nSPS) is 12.9. The molecule has 0 amide bonds. The number of aromatic nitrogens is 3. The van der Waals surface area contributed by atoms with Crippen LogP contribution in [0.15, 0.2) is 48.7 Å². The van der Waals surface area contributed by atoms with Gasteiger partial charge in [-0.15, -0.1) is 0 Å². The molecule has 1 aliphatic carbocycles. The first-order valence-corrected chi connectivity index (χ1v) is 8.29. The summed E-state index contributed by atoms with van der Waals surface area (Å²) in [5, 5.41) is 0. The van der Waals surface area contributed by atoms with E-state index in [0.717, 1.165) is 47.6 Å². The van der Waals surface area contributed by atoms with E-state index in [2.05, 4.69) is 16.0 Å². The van der Waals surface area contributed by atoms with E-state index in [9.17, 15) is 0 Å². The molecule has 0 bridgehead atoms. The number of nitrogens with zero attached hydrogens (tertiary/aromatic N) is 3. The third-order valence-corrected chi connectivity index (χ3v) is 4.29. The lowest BCUT2D eigenvalue weighted by atomic mass is 10.0. The van der Waals surface area contributed by atoms with Crippen LogP contribution in [0.2, 0.25) is 0 Å². The van der Waals surface area contributed by atoms with Crippen molar-refractivity contribution in [2.45, 2.75) is 32.8 Å². The van der Waals surface area contributed by atoms with Crippen LogP contribution in [0.25, 0.3) is 11.3 Å². The number of ether oxygens (including phenoxy) is 1. The Labute approximate surface area is 141 Å². The second-order valence-corrected chi connectivity index (χ2v) is 6.06. The van der Waals surface area contributed by atoms with E-state index < -0.39 is 0 Å². The lowest BCUT2D eigenvalue weighted by Crippen LogP contribution is -2.02. The number of fused-ring (bicyclic) bond motifs is 1. The van der Waals surface area contributed by atoms with Gasteiger partial charge in [0.15, 0.2) is 0 Å². The molecule has 0 N–H and O–H groups in total. The molecule has 1 aliphatic rings. The highest BCUT2D eigenvalue weighted by molar-refractivity contribution is 5.67. The Kier molecular flexibility index (Phi) is 3.95. The largest absolute Gasteiger partial charge is 0.471 e. The molecule has 0 atom stereocenters. The van der Waals surface area contributed by atoms with Crippen molar-refractivity contribution in [3.8, 4) is 17.1 Å². The second kappa shape index (κ2) is 6.40. The molecule has 0 radical (unpaired) electrons. The van der Waals surface area contributed by atoms with E-state index in [1.807, 2.05) is 43.3 Å². The fraction of sp³-hybridized carbons (Fsp3) is 0.250. The van der Waals surface area contributed by atoms with Gasteiger partial charge in [0.2, 0.25) is 5.88 Å². The molecule has 4 rings (SSSR count). The van der Waals surface area contributed by atoms with Gasteiger partial charge >= 0.3 is 0 Å². The Morgan fingerprint density at radius 3 is 2.83 bits per heavy atom. The van der Waals surface area contributed by atoms with Crippen LogP contribution in [0.4, 0.5) is 0 Å². The monoisotopic (exact) mass is 317 g/mol. The SMILES string of the molecule is Cc1cccc(-c2cc(OCc3ccccn3)nc3c2CCC3)n1. The summed E-state index contributed by atoms with van der Waals surface area (Å²) < 4.78 is 5.91. The van der Waals surface area contributed by atoms with E-state index in [1.54, 1.807) is 6.20 Å². The predicted octanol–water partition coefficient (Wildman–Crippen LogP) is 3.91. The van der Waals surface area contributed by atoms with E-state index >= 15 is 0 Å².